The molecule has 7 heteroatoms. The van der Waals surface area contributed by atoms with E-state index in [4.69, 9.17) is 9.52 Å². The van der Waals surface area contributed by atoms with E-state index in [9.17, 15) is 4.79 Å². The molecule has 0 saturated carbocycles. The molecule has 0 radical (unpaired) electrons. The Labute approximate surface area is 108 Å². The van der Waals surface area contributed by atoms with E-state index in [1.807, 2.05) is 17.5 Å². The molecule has 2 aromatic rings. The van der Waals surface area contributed by atoms with Crippen LogP contribution < -0.4 is 0 Å². The number of carbonyl (C=O) groups is 1. The van der Waals surface area contributed by atoms with Crippen LogP contribution in [0.2, 0.25) is 0 Å². The minimum Gasteiger partial charge on any atom is -0.480 e. The maximum atomic E-state index is 10.8. The molecule has 6 nitrogen and oxygen atoms in total. The van der Waals surface area contributed by atoms with Crippen LogP contribution in [0.15, 0.2) is 21.9 Å². The lowest BCUT2D eigenvalue weighted by Gasteiger charge is -2.18. The summed E-state index contributed by atoms with van der Waals surface area (Å²) in [4.78, 5) is 13.4. The first kappa shape index (κ1) is 12.7. The van der Waals surface area contributed by atoms with Crippen LogP contribution in [-0.4, -0.2) is 39.3 Å². The minimum absolute atomic E-state index is 0.311. The molecule has 1 N–H and O–H groups in total. The summed E-state index contributed by atoms with van der Waals surface area (Å²) < 4.78 is 5.48. The van der Waals surface area contributed by atoms with Crippen molar-refractivity contribution >= 4 is 17.3 Å². The van der Waals surface area contributed by atoms with Crippen LogP contribution in [0, 0.1) is 0 Å². The Bertz CT molecular complexity index is 523. The third kappa shape index (κ3) is 2.74. The first-order chi connectivity index (χ1) is 8.58. The molecular weight excluding hydrogens is 254 g/mol. The zero-order valence-corrected chi connectivity index (χ0v) is 10.8. The second-order valence-corrected chi connectivity index (χ2v) is 4.86. The normalized spacial score (nSPS) is 12.8. The second-order valence-electron chi connectivity index (χ2n) is 3.91. The molecule has 96 valence electrons. The number of likely N-dealkylation sites (N-methyl/N-ethyl adjacent to an activating group) is 1. The van der Waals surface area contributed by atoms with Crippen LogP contribution in [0.5, 0.6) is 0 Å². The van der Waals surface area contributed by atoms with Crippen molar-refractivity contribution in [3.8, 4) is 10.8 Å². The molecular formula is C11H13N3O3S. The van der Waals surface area contributed by atoms with Crippen molar-refractivity contribution in [2.75, 3.05) is 7.05 Å². The van der Waals surface area contributed by atoms with Crippen LogP contribution in [0.4, 0.5) is 0 Å². The van der Waals surface area contributed by atoms with Crippen molar-refractivity contribution in [2.45, 2.75) is 19.5 Å². The van der Waals surface area contributed by atoms with Crippen molar-refractivity contribution in [3.63, 3.8) is 0 Å². The van der Waals surface area contributed by atoms with E-state index in [0.717, 1.165) is 4.88 Å². The monoisotopic (exact) mass is 267 g/mol. The van der Waals surface area contributed by atoms with E-state index >= 15 is 0 Å². The van der Waals surface area contributed by atoms with Gasteiger partial charge < -0.3 is 9.52 Å². The zero-order valence-electron chi connectivity index (χ0n) is 10.0. The summed E-state index contributed by atoms with van der Waals surface area (Å²) in [6, 6.07) is 3.20. The Hall–Kier alpha value is -1.73. The largest absolute Gasteiger partial charge is 0.480 e. The lowest BCUT2D eigenvalue weighted by Crippen LogP contribution is -2.35. The molecule has 0 spiro atoms. The van der Waals surface area contributed by atoms with Crippen LogP contribution in [-0.2, 0) is 11.3 Å². The molecule has 0 aromatic carbocycles. The number of nitrogens with zero attached hydrogens (tertiary/aromatic N) is 3. The second kappa shape index (κ2) is 5.28. The van der Waals surface area contributed by atoms with Crippen molar-refractivity contribution < 1.29 is 14.3 Å². The fourth-order valence-electron chi connectivity index (χ4n) is 1.36. The topological polar surface area (TPSA) is 79.5 Å². The van der Waals surface area contributed by atoms with E-state index in [-0.39, 0.29) is 0 Å². The van der Waals surface area contributed by atoms with E-state index in [1.54, 1.807) is 18.9 Å². The molecule has 0 aliphatic heterocycles. The first-order valence-corrected chi connectivity index (χ1v) is 6.25. The number of aliphatic carboxylic acids is 1. The molecule has 0 amide bonds. The Morgan fingerprint density at radius 2 is 2.39 bits per heavy atom. The summed E-state index contributed by atoms with van der Waals surface area (Å²) in [5, 5.41) is 18.7. The number of hydrogen-bond acceptors (Lipinski definition) is 6. The summed E-state index contributed by atoms with van der Waals surface area (Å²) in [7, 11) is 1.70. The number of hydrogen-bond donors (Lipinski definition) is 1. The highest BCUT2D eigenvalue weighted by Gasteiger charge is 2.19. The molecule has 0 aliphatic rings. The quantitative estimate of drug-likeness (QED) is 0.888. The van der Waals surface area contributed by atoms with Gasteiger partial charge in [0.05, 0.1) is 11.4 Å². The third-order valence-corrected chi connectivity index (χ3v) is 3.46. The van der Waals surface area contributed by atoms with Crippen LogP contribution >= 0.6 is 11.3 Å². The Morgan fingerprint density at radius 3 is 3.00 bits per heavy atom. The molecule has 2 rings (SSSR count). The highest BCUT2D eigenvalue weighted by Crippen LogP contribution is 2.23. The maximum absolute atomic E-state index is 10.8. The number of carboxylic acids is 1. The Balaban J connectivity index is 2.05. The van der Waals surface area contributed by atoms with E-state index < -0.39 is 12.0 Å². The molecule has 0 fully saturated rings. The van der Waals surface area contributed by atoms with Crippen LogP contribution in [0.25, 0.3) is 10.8 Å². The van der Waals surface area contributed by atoms with E-state index in [2.05, 4.69) is 10.2 Å². The van der Waals surface area contributed by atoms with Gasteiger partial charge in [0, 0.05) is 0 Å². The van der Waals surface area contributed by atoms with Crippen molar-refractivity contribution in [3.05, 3.63) is 23.4 Å². The SMILES string of the molecule is CC(C(=O)O)N(C)Cc1nnc(-c2cccs2)o1. The van der Waals surface area contributed by atoms with Gasteiger partial charge in [0.15, 0.2) is 0 Å². The molecule has 0 bridgehead atoms. The van der Waals surface area contributed by atoms with Gasteiger partial charge in [-0.05, 0) is 25.4 Å². The summed E-state index contributed by atoms with van der Waals surface area (Å²) >= 11 is 1.52. The Morgan fingerprint density at radius 1 is 1.61 bits per heavy atom. The fraction of sp³-hybridized carbons (Fsp3) is 0.364. The predicted molar refractivity (Wildman–Crippen MR) is 66.2 cm³/mol. The van der Waals surface area contributed by atoms with Gasteiger partial charge in [-0.2, -0.15) is 0 Å². The number of carboxylic acid groups (broad SMARTS) is 1. The lowest BCUT2D eigenvalue weighted by atomic mass is 10.3. The number of rotatable bonds is 5. The number of aromatic nitrogens is 2. The van der Waals surface area contributed by atoms with Gasteiger partial charge in [-0.15, -0.1) is 21.5 Å². The van der Waals surface area contributed by atoms with Gasteiger partial charge in [-0.3, -0.25) is 9.69 Å². The Kier molecular flexibility index (Phi) is 3.73. The van der Waals surface area contributed by atoms with Crippen molar-refractivity contribution in [2.24, 2.45) is 0 Å². The summed E-state index contributed by atoms with van der Waals surface area (Å²) in [5.41, 5.74) is 0. The van der Waals surface area contributed by atoms with Gasteiger partial charge in [0.1, 0.15) is 6.04 Å². The van der Waals surface area contributed by atoms with Gasteiger partial charge in [-0.1, -0.05) is 6.07 Å². The molecule has 1 unspecified atom stereocenters. The summed E-state index contributed by atoms with van der Waals surface area (Å²) in [6.45, 7) is 1.92. The lowest BCUT2D eigenvalue weighted by molar-refractivity contribution is -0.142. The maximum Gasteiger partial charge on any atom is 0.320 e. The highest BCUT2D eigenvalue weighted by atomic mass is 32.1. The minimum atomic E-state index is -0.879. The first-order valence-electron chi connectivity index (χ1n) is 5.37. The van der Waals surface area contributed by atoms with E-state index in [0.29, 0.717) is 18.3 Å². The summed E-state index contributed by atoms with van der Waals surface area (Å²) in [6.07, 6.45) is 0. The standard InChI is InChI=1S/C11H13N3O3S/c1-7(11(15)16)14(2)6-9-12-13-10(17-9)8-4-3-5-18-8/h3-5,7H,6H2,1-2H3,(H,15,16). The van der Waals surface area contributed by atoms with Crippen LogP contribution in [0.1, 0.15) is 12.8 Å². The predicted octanol–water partition coefficient (Wildman–Crippen LogP) is 1.70. The summed E-state index contributed by atoms with van der Waals surface area (Å²) in [5.74, 6) is 0.000809. The average Bonchev–Trinajstić information content (AvgIpc) is 2.96. The van der Waals surface area contributed by atoms with Gasteiger partial charge in [-0.25, -0.2) is 0 Å². The molecule has 2 aromatic heterocycles. The van der Waals surface area contributed by atoms with Crippen molar-refractivity contribution in [1.29, 1.82) is 0 Å². The van der Waals surface area contributed by atoms with Gasteiger partial charge in [0.2, 0.25) is 5.89 Å². The van der Waals surface area contributed by atoms with Crippen LogP contribution in [0.3, 0.4) is 0 Å². The van der Waals surface area contributed by atoms with Gasteiger partial charge in [0.25, 0.3) is 5.89 Å². The average molecular weight is 267 g/mol. The molecule has 2 heterocycles. The molecule has 0 saturated heterocycles. The molecule has 0 aliphatic carbocycles. The third-order valence-electron chi connectivity index (χ3n) is 2.60. The zero-order chi connectivity index (χ0) is 13.1. The van der Waals surface area contributed by atoms with Crippen molar-refractivity contribution in [1.82, 2.24) is 15.1 Å². The van der Waals surface area contributed by atoms with E-state index in [1.165, 1.54) is 11.3 Å². The molecule has 1 atom stereocenters. The van der Waals surface area contributed by atoms with Gasteiger partial charge >= 0.3 is 5.97 Å². The smallest absolute Gasteiger partial charge is 0.320 e. The number of thiophene rings is 1. The molecule has 18 heavy (non-hydrogen) atoms. The fourth-order valence-corrected chi connectivity index (χ4v) is 2.00. The highest BCUT2D eigenvalue weighted by molar-refractivity contribution is 7.13.